The molecule has 0 saturated carbocycles. The van der Waals surface area contributed by atoms with E-state index in [0.29, 0.717) is 0 Å². The van der Waals surface area contributed by atoms with E-state index in [1.807, 2.05) is 36.4 Å². The number of nitrogens with two attached hydrogens (primary N) is 2. The molecule has 2 rings (SSSR count). The first-order valence-electron chi connectivity index (χ1n) is 5.34. The Balaban J connectivity index is 2.15. The topological polar surface area (TPSA) is 82.2 Å². The van der Waals surface area contributed by atoms with Crippen molar-refractivity contribution in [3.63, 3.8) is 0 Å². The van der Waals surface area contributed by atoms with Crippen LogP contribution in [0.25, 0.3) is 11.3 Å². The molecule has 0 spiro atoms. The van der Waals surface area contributed by atoms with Crippen molar-refractivity contribution >= 4 is 5.91 Å². The van der Waals surface area contributed by atoms with Crippen LogP contribution in [-0.4, -0.2) is 5.91 Å². The molecule has 17 heavy (non-hydrogen) atoms. The fourth-order valence-electron chi connectivity index (χ4n) is 1.67. The van der Waals surface area contributed by atoms with E-state index in [1.54, 1.807) is 6.26 Å². The summed E-state index contributed by atoms with van der Waals surface area (Å²) in [6.45, 7) is 0. The molecule has 1 aromatic carbocycles. The maximum atomic E-state index is 10.8. The van der Waals surface area contributed by atoms with Crippen LogP contribution in [0.15, 0.2) is 47.1 Å². The van der Waals surface area contributed by atoms with Crippen LogP contribution in [0.3, 0.4) is 0 Å². The molecule has 1 aromatic heterocycles. The van der Waals surface area contributed by atoms with Crippen molar-refractivity contribution in [3.05, 3.63) is 48.2 Å². The maximum Gasteiger partial charge on any atom is 0.219 e. The fraction of sp³-hybridized carbons (Fsp3) is 0.154. The van der Waals surface area contributed by atoms with E-state index in [4.69, 9.17) is 15.9 Å². The average molecular weight is 230 g/mol. The molecule has 0 aliphatic heterocycles. The number of furan rings is 1. The molecule has 0 fully saturated rings. The van der Waals surface area contributed by atoms with Crippen molar-refractivity contribution < 1.29 is 9.21 Å². The minimum absolute atomic E-state index is 0.153. The summed E-state index contributed by atoms with van der Waals surface area (Å²) in [5.41, 5.74) is 12.8. The van der Waals surface area contributed by atoms with Crippen molar-refractivity contribution in [2.24, 2.45) is 11.5 Å². The third-order valence-corrected chi connectivity index (χ3v) is 2.57. The van der Waals surface area contributed by atoms with Gasteiger partial charge in [-0.25, -0.2) is 0 Å². The van der Waals surface area contributed by atoms with E-state index in [9.17, 15) is 4.79 Å². The van der Waals surface area contributed by atoms with Crippen molar-refractivity contribution in [3.8, 4) is 11.3 Å². The predicted octanol–water partition coefficient (Wildman–Crippen LogP) is 1.82. The lowest BCUT2D eigenvalue weighted by Crippen LogP contribution is -2.20. The quantitative estimate of drug-likeness (QED) is 0.840. The molecule has 0 saturated heterocycles. The highest BCUT2D eigenvalue weighted by Crippen LogP contribution is 2.22. The van der Waals surface area contributed by atoms with Gasteiger partial charge in [-0.1, -0.05) is 24.3 Å². The van der Waals surface area contributed by atoms with Crippen LogP contribution >= 0.6 is 0 Å². The number of amides is 1. The molecular weight excluding hydrogens is 216 g/mol. The van der Waals surface area contributed by atoms with Gasteiger partial charge in [0.1, 0.15) is 5.76 Å². The summed E-state index contributed by atoms with van der Waals surface area (Å²) in [5.74, 6) is 0.410. The monoisotopic (exact) mass is 230 g/mol. The van der Waals surface area contributed by atoms with Crippen LogP contribution < -0.4 is 11.5 Å². The van der Waals surface area contributed by atoms with Crippen LogP contribution in [0, 0.1) is 0 Å². The van der Waals surface area contributed by atoms with Gasteiger partial charge in [0.2, 0.25) is 5.91 Å². The van der Waals surface area contributed by atoms with E-state index < -0.39 is 5.91 Å². The molecule has 4 N–H and O–H groups in total. The molecule has 0 radical (unpaired) electrons. The standard InChI is InChI=1S/C13H14N2O2/c14-11(8-13(15)16)9-3-5-10(6-4-9)12-2-1-7-17-12/h1-7,11H,8,14H2,(H2,15,16). The van der Waals surface area contributed by atoms with Crippen molar-refractivity contribution in [1.29, 1.82) is 0 Å². The lowest BCUT2D eigenvalue weighted by atomic mass is 10.0. The molecule has 1 atom stereocenters. The van der Waals surface area contributed by atoms with Gasteiger partial charge in [0.15, 0.2) is 0 Å². The van der Waals surface area contributed by atoms with Crippen molar-refractivity contribution in [1.82, 2.24) is 0 Å². The predicted molar refractivity (Wildman–Crippen MR) is 64.9 cm³/mol. The van der Waals surface area contributed by atoms with Crippen LogP contribution in [0.4, 0.5) is 0 Å². The first kappa shape index (κ1) is 11.4. The zero-order valence-electron chi connectivity index (χ0n) is 9.30. The third-order valence-electron chi connectivity index (χ3n) is 2.57. The summed E-state index contributed by atoms with van der Waals surface area (Å²) in [7, 11) is 0. The van der Waals surface area contributed by atoms with E-state index >= 15 is 0 Å². The van der Waals surface area contributed by atoms with Gasteiger partial charge >= 0.3 is 0 Å². The fourth-order valence-corrected chi connectivity index (χ4v) is 1.67. The Hall–Kier alpha value is -2.07. The van der Waals surface area contributed by atoms with Gasteiger partial charge in [-0.15, -0.1) is 0 Å². The van der Waals surface area contributed by atoms with Crippen molar-refractivity contribution in [2.75, 3.05) is 0 Å². The van der Waals surface area contributed by atoms with Gasteiger partial charge in [0, 0.05) is 18.0 Å². The highest BCUT2D eigenvalue weighted by molar-refractivity contribution is 5.74. The minimum atomic E-state index is -0.396. The zero-order chi connectivity index (χ0) is 12.3. The smallest absolute Gasteiger partial charge is 0.219 e. The first-order valence-corrected chi connectivity index (χ1v) is 5.34. The van der Waals surface area contributed by atoms with Gasteiger partial charge in [-0.3, -0.25) is 4.79 Å². The Morgan fingerprint density at radius 1 is 1.24 bits per heavy atom. The molecule has 0 aliphatic carbocycles. The summed E-state index contributed by atoms with van der Waals surface area (Å²) in [4.78, 5) is 10.8. The Labute approximate surface area is 99.2 Å². The summed E-state index contributed by atoms with van der Waals surface area (Å²) in [6.07, 6.45) is 1.78. The number of benzene rings is 1. The van der Waals surface area contributed by atoms with Gasteiger partial charge in [-0.2, -0.15) is 0 Å². The number of carbonyl (C=O) groups is 1. The molecule has 0 bridgehead atoms. The molecule has 4 nitrogen and oxygen atoms in total. The Bertz CT molecular complexity index is 489. The van der Waals surface area contributed by atoms with Crippen LogP contribution in [0.1, 0.15) is 18.0 Å². The molecule has 1 unspecified atom stereocenters. The van der Waals surface area contributed by atoms with E-state index in [1.165, 1.54) is 0 Å². The molecule has 1 heterocycles. The van der Waals surface area contributed by atoms with Crippen molar-refractivity contribution in [2.45, 2.75) is 12.5 Å². The van der Waals surface area contributed by atoms with E-state index in [0.717, 1.165) is 16.9 Å². The number of carbonyl (C=O) groups excluding carboxylic acids is 1. The van der Waals surface area contributed by atoms with Gasteiger partial charge in [0.25, 0.3) is 0 Å². The molecule has 0 aliphatic rings. The molecule has 2 aromatic rings. The SMILES string of the molecule is NC(=O)CC(N)c1ccc(-c2ccco2)cc1. The van der Waals surface area contributed by atoms with Gasteiger partial charge < -0.3 is 15.9 Å². The average Bonchev–Trinajstić information content (AvgIpc) is 2.82. The minimum Gasteiger partial charge on any atom is -0.464 e. The number of hydrogen-bond acceptors (Lipinski definition) is 3. The maximum absolute atomic E-state index is 10.8. The second-order valence-electron chi connectivity index (χ2n) is 3.88. The Kier molecular flexibility index (Phi) is 3.25. The summed E-state index contributed by atoms with van der Waals surface area (Å²) >= 11 is 0. The Morgan fingerprint density at radius 2 is 1.94 bits per heavy atom. The number of primary amides is 1. The van der Waals surface area contributed by atoms with Crippen LogP contribution in [-0.2, 0) is 4.79 Å². The second kappa shape index (κ2) is 4.84. The van der Waals surface area contributed by atoms with E-state index in [2.05, 4.69) is 0 Å². The molecule has 88 valence electrons. The second-order valence-corrected chi connectivity index (χ2v) is 3.88. The highest BCUT2D eigenvalue weighted by atomic mass is 16.3. The molecular formula is C13H14N2O2. The highest BCUT2D eigenvalue weighted by Gasteiger charge is 2.09. The summed E-state index contributed by atoms with van der Waals surface area (Å²) in [5, 5.41) is 0. The largest absolute Gasteiger partial charge is 0.464 e. The van der Waals surface area contributed by atoms with E-state index in [-0.39, 0.29) is 12.5 Å². The zero-order valence-corrected chi connectivity index (χ0v) is 9.30. The lowest BCUT2D eigenvalue weighted by molar-refractivity contribution is -0.118. The van der Waals surface area contributed by atoms with Gasteiger partial charge in [0.05, 0.1) is 6.26 Å². The molecule has 1 amide bonds. The third kappa shape index (κ3) is 2.73. The van der Waals surface area contributed by atoms with Gasteiger partial charge in [-0.05, 0) is 17.7 Å². The normalized spacial score (nSPS) is 12.3. The first-order chi connectivity index (χ1) is 8.16. The Morgan fingerprint density at radius 3 is 2.47 bits per heavy atom. The van der Waals surface area contributed by atoms with Crippen LogP contribution in [0.2, 0.25) is 0 Å². The summed E-state index contributed by atoms with van der Waals surface area (Å²) < 4.78 is 5.28. The summed E-state index contributed by atoms with van der Waals surface area (Å²) in [6, 6.07) is 11.0. The number of hydrogen-bond donors (Lipinski definition) is 2. The number of rotatable bonds is 4. The van der Waals surface area contributed by atoms with Crippen LogP contribution in [0.5, 0.6) is 0 Å². The lowest BCUT2D eigenvalue weighted by Gasteiger charge is -2.09. The molecule has 4 heteroatoms.